The highest BCUT2D eigenvalue weighted by atomic mass is 16.5. The van der Waals surface area contributed by atoms with E-state index in [0.717, 1.165) is 24.5 Å². The van der Waals surface area contributed by atoms with Crippen LogP contribution in [0, 0.1) is 5.92 Å². The van der Waals surface area contributed by atoms with Crippen molar-refractivity contribution in [3.63, 3.8) is 0 Å². The Bertz CT molecular complexity index is 380. The summed E-state index contributed by atoms with van der Waals surface area (Å²) >= 11 is 0. The molecule has 2 N–H and O–H groups in total. The Balaban J connectivity index is -0.000000361. The second-order valence-electron chi connectivity index (χ2n) is 4.72. The van der Waals surface area contributed by atoms with E-state index in [1.165, 1.54) is 38.9 Å². The van der Waals surface area contributed by atoms with Crippen LogP contribution < -0.4 is 0 Å². The fourth-order valence-electron chi connectivity index (χ4n) is 1.37. The molecule has 1 unspecified atom stereocenters. The molecule has 6 nitrogen and oxygen atoms in total. The number of rotatable bonds is 9. The van der Waals surface area contributed by atoms with E-state index >= 15 is 0 Å². The minimum absolute atomic E-state index is 0.247. The van der Waals surface area contributed by atoms with Gasteiger partial charge >= 0.3 is 17.9 Å². The minimum Gasteiger partial charge on any atom is -0.478 e. The van der Waals surface area contributed by atoms with Gasteiger partial charge in [-0.3, -0.25) is 4.79 Å². The topological polar surface area (TPSA) is 101 Å². The first-order valence-electron chi connectivity index (χ1n) is 7.77. The molecule has 0 bridgehead atoms. The molecule has 1 atom stereocenters. The van der Waals surface area contributed by atoms with Crippen molar-refractivity contribution in [3.8, 4) is 0 Å². The lowest BCUT2D eigenvalue weighted by molar-refractivity contribution is -0.135. The van der Waals surface area contributed by atoms with Crippen LogP contribution in [-0.2, 0) is 19.1 Å². The number of carboxylic acids is 2. The number of allylic oxidation sites excluding steroid dienone is 1. The molecule has 0 rings (SSSR count). The highest BCUT2D eigenvalue weighted by Crippen LogP contribution is 2.16. The van der Waals surface area contributed by atoms with Gasteiger partial charge in [0.1, 0.15) is 0 Å². The average Bonchev–Trinajstić information content (AvgIpc) is 2.55. The van der Waals surface area contributed by atoms with Gasteiger partial charge in [0.2, 0.25) is 0 Å². The SMILES string of the molecule is C=CC(=O)O.C=CC(=O)O.CCCCC(CC)CC=COC(C)=O. The zero-order chi connectivity index (χ0) is 19.4. The molecule has 0 aliphatic heterocycles. The maximum atomic E-state index is 10.5. The quantitative estimate of drug-likeness (QED) is 0.370. The van der Waals surface area contributed by atoms with Gasteiger partial charge in [0.05, 0.1) is 6.26 Å². The summed E-state index contributed by atoms with van der Waals surface area (Å²) in [6.07, 6.45) is 11.2. The van der Waals surface area contributed by atoms with Gasteiger partial charge in [-0.2, -0.15) is 0 Å². The van der Waals surface area contributed by atoms with Crippen molar-refractivity contribution in [2.24, 2.45) is 5.92 Å². The number of hydrogen-bond donors (Lipinski definition) is 2. The number of carbonyl (C=O) groups excluding carboxylic acids is 1. The predicted octanol–water partition coefficient (Wildman–Crippen LogP) is 4.18. The summed E-state index contributed by atoms with van der Waals surface area (Å²) in [5, 5.41) is 15.2. The van der Waals surface area contributed by atoms with E-state index in [1.807, 2.05) is 6.08 Å². The van der Waals surface area contributed by atoms with Gasteiger partial charge in [-0.1, -0.05) is 52.7 Å². The number of ether oxygens (including phenoxy) is 1. The van der Waals surface area contributed by atoms with Gasteiger partial charge < -0.3 is 14.9 Å². The molecule has 0 aromatic heterocycles. The summed E-state index contributed by atoms with van der Waals surface area (Å²) < 4.78 is 4.72. The van der Waals surface area contributed by atoms with E-state index in [2.05, 4.69) is 27.0 Å². The zero-order valence-corrected chi connectivity index (χ0v) is 14.9. The number of hydrogen-bond acceptors (Lipinski definition) is 4. The second-order valence-corrected chi connectivity index (χ2v) is 4.72. The number of esters is 1. The largest absolute Gasteiger partial charge is 0.478 e. The summed E-state index contributed by atoms with van der Waals surface area (Å²) in [6, 6.07) is 0. The Hall–Kier alpha value is -2.37. The predicted molar refractivity (Wildman–Crippen MR) is 94.5 cm³/mol. The van der Waals surface area contributed by atoms with Crippen LogP contribution in [0.25, 0.3) is 0 Å². The molecule has 0 saturated carbocycles. The Morgan fingerprint density at radius 1 is 1.08 bits per heavy atom. The first-order valence-corrected chi connectivity index (χ1v) is 7.77. The summed E-state index contributed by atoms with van der Waals surface area (Å²) in [4.78, 5) is 29.0. The fraction of sp³-hybridized carbons (Fsp3) is 0.500. The summed E-state index contributed by atoms with van der Waals surface area (Å²) in [7, 11) is 0. The Morgan fingerprint density at radius 3 is 1.83 bits per heavy atom. The van der Waals surface area contributed by atoms with Crippen LogP contribution in [0.5, 0.6) is 0 Å². The molecule has 0 saturated heterocycles. The second kappa shape index (κ2) is 20.6. The van der Waals surface area contributed by atoms with Gasteiger partial charge in [0, 0.05) is 19.1 Å². The Labute approximate surface area is 144 Å². The smallest absolute Gasteiger partial charge is 0.327 e. The molecular formula is C18H30O6. The molecular weight excluding hydrogens is 312 g/mol. The number of unbranched alkanes of at least 4 members (excludes halogenated alkanes) is 1. The molecule has 6 heteroatoms. The third-order valence-electron chi connectivity index (χ3n) is 2.69. The molecule has 0 radical (unpaired) electrons. The maximum absolute atomic E-state index is 10.5. The lowest BCUT2D eigenvalue weighted by Gasteiger charge is -2.10. The Kier molecular flexibility index (Phi) is 22.8. The normalized spacial score (nSPS) is 10.3. The van der Waals surface area contributed by atoms with Crippen molar-refractivity contribution >= 4 is 17.9 Å². The van der Waals surface area contributed by atoms with Crippen molar-refractivity contribution in [1.82, 2.24) is 0 Å². The zero-order valence-electron chi connectivity index (χ0n) is 14.9. The molecule has 0 aliphatic rings. The van der Waals surface area contributed by atoms with Gasteiger partial charge in [-0.05, 0) is 18.4 Å². The molecule has 0 spiro atoms. The van der Waals surface area contributed by atoms with Crippen molar-refractivity contribution in [1.29, 1.82) is 0 Å². The van der Waals surface area contributed by atoms with Crippen molar-refractivity contribution in [2.75, 3.05) is 0 Å². The number of carbonyl (C=O) groups is 3. The van der Waals surface area contributed by atoms with Crippen LogP contribution in [0.4, 0.5) is 0 Å². The lowest BCUT2D eigenvalue weighted by atomic mass is 9.96. The maximum Gasteiger partial charge on any atom is 0.327 e. The van der Waals surface area contributed by atoms with E-state index in [9.17, 15) is 14.4 Å². The van der Waals surface area contributed by atoms with E-state index in [-0.39, 0.29) is 5.97 Å². The van der Waals surface area contributed by atoms with E-state index in [4.69, 9.17) is 14.9 Å². The minimum atomic E-state index is -0.981. The van der Waals surface area contributed by atoms with Crippen molar-refractivity contribution in [3.05, 3.63) is 37.6 Å². The molecule has 138 valence electrons. The highest BCUT2D eigenvalue weighted by molar-refractivity contribution is 5.79. The van der Waals surface area contributed by atoms with Gasteiger partial charge in [0.15, 0.2) is 0 Å². The van der Waals surface area contributed by atoms with E-state index < -0.39 is 11.9 Å². The third kappa shape index (κ3) is 31.8. The third-order valence-corrected chi connectivity index (χ3v) is 2.69. The summed E-state index contributed by atoms with van der Waals surface area (Å²) in [5.41, 5.74) is 0. The monoisotopic (exact) mass is 342 g/mol. The summed E-state index contributed by atoms with van der Waals surface area (Å²) in [6.45, 7) is 11.8. The number of carboxylic acid groups (broad SMARTS) is 2. The molecule has 0 aliphatic carbocycles. The molecule has 0 heterocycles. The summed E-state index contributed by atoms with van der Waals surface area (Å²) in [5.74, 6) is -1.47. The van der Waals surface area contributed by atoms with Crippen LogP contribution in [0.2, 0.25) is 0 Å². The van der Waals surface area contributed by atoms with Gasteiger partial charge in [0.25, 0.3) is 0 Å². The lowest BCUT2D eigenvalue weighted by Crippen LogP contribution is -1.97. The van der Waals surface area contributed by atoms with E-state index in [0.29, 0.717) is 0 Å². The van der Waals surface area contributed by atoms with Crippen LogP contribution in [0.1, 0.15) is 52.9 Å². The van der Waals surface area contributed by atoms with Gasteiger partial charge in [-0.25, -0.2) is 9.59 Å². The van der Waals surface area contributed by atoms with Crippen molar-refractivity contribution in [2.45, 2.75) is 52.9 Å². The van der Waals surface area contributed by atoms with Crippen LogP contribution in [0.3, 0.4) is 0 Å². The van der Waals surface area contributed by atoms with Crippen LogP contribution >= 0.6 is 0 Å². The molecule has 0 aromatic carbocycles. The molecule has 24 heavy (non-hydrogen) atoms. The van der Waals surface area contributed by atoms with Crippen molar-refractivity contribution < 1.29 is 29.3 Å². The van der Waals surface area contributed by atoms with Gasteiger partial charge in [-0.15, -0.1) is 0 Å². The first-order chi connectivity index (χ1) is 11.2. The highest BCUT2D eigenvalue weighted by Gasteiger charge is 2.02. The molecule has 0 amide bonds. The molecule has 0 aromatic rings. The average molecular weight is 342 g/mol. The number of aliphatic carboxylic acids is 2. The fourth-order valence-corrected chi connectivity index (χ4v) is 1.37. The van der Waals surface area contributed by atoms with Crippen LogP contribution in [0.15, 0.2) is 37.6 Å². The Morgan fingerprint density at radius 2 is 1.54 bits per heavy atom. The standard InChI is InChI=1S/C12H22O2.2C3H4O2/c1-4-6-8-12(5-2)9-7-10-14-11(3)13;2*1-2-3(4)5/h7,10,12H,4-6,8-9H2,1-3H3;2*2H,1H2,(H,4,5). The van der Waals surface area contributed by atoms with Crippen LogP contribution in [-0.4, -0.2) is 28.1 Å². The first kappa shape index (κ1) is 26.5. The van der Waals surface area contributed by atoms with E-state index in [1.54, 1.807) is 0 Å². The molecule has 0 fully saturated rings.